The first-order valence-electron chi connectivity index (χ1n) is 1.97. The van der Waals surface area contributed by atoms with Crippen molar-refractivity contribution in [2.24, 2.45) is 0 Å². The molecule has 0 heterocycles. The third kappa shape index (κ3) is 5.79. The summed E-state index contributed by atoms with van der Waals surface area (Å²) in [7, 11) is 0. The third-order valence-corrected chi connectivity index (χ3v) is 0.705. The Morgan fingerprint density at radius 3 is 2.75 bits per heavy atom. The zero-order valence-electron chi connectivity index (χ0n) is 4.12. The quantitative estimate of drug-likeness (QED) is 0.359. The van der Waals surface area contributed by atoms with Gasteiger partial charge in [0, 0.05) is 6.20 Å². The summed E-state index contributed by atoms with van der Waals surface area (Å²) in [6.07, 6.45) is 2.92. The summed E-state index contributed by atoms with van der Waals surface area (Å²) in [5.74, 6) is 0. The molecular weight excluding hydrogens is 147 g/mol. The molecule has 0 aromatic carbocycles. The fourth-order valence-electron chi connectivity index (χ4n) is 0.177. The van der Waals surface area contributed by atoms with Crippen molar-refractivity contribution in [1.29, 1.82) is 5.41 Å². The molecule has 4 heteroatoms. The van der Waals surface area contributed by atoms with Crippen LogP contribution in [0.15, 0.2) is 12.3 Å². The van der Waals surface area contributed by atoms with E-state index < -0.39 is 0 Å². The first-order valence-corrected chi connectivity index (χ1v) is 2.88. The van der Waals surface area contributed by atoms with Crippen LogP contribution in [-0.4, -0.2) is 11.2 Å². The largest absolute Gasteiger partial charge is 0.378 e. The van der Waals surface area contributed by atoms with Gasteiger partial charge in [0.05, 0.1) is 6.00 Å². The highest BCUT2D eigenvalue weighted by Crippen LogP contribution is 1.80. The number of alkyl halides is 1. The highest BCUT2D eigenvalue weighted by molar-refractivity contribution is 6.67. The minimum atomic E-state index is -0.0115. The molecule has 0 fully saturated rings. The number of rotatable bonds is 3. The molecule has 0 aromatic rings. The molecule has 0 unspecified atom stereocenters. The second-order valence-corrected chi connectivity index (χ2v) is 1.69. The summed E-state index contributed by atoms with van der Waals surface area (Å²) in [6, 6.07) is 0.334. The van der Waals surface area contributed by atoms with Crippen LogP contribution in [0.2, 0.25) is 0 Å². The Kier molecular flexibility index (Phi) is 4.81. The monoisotopic (exact) mass is 152 g/mol. The zero-order valence-corrected chi connectivity index (χ0v) is 5.63. The van der Waals surface area contributed by atoms with Crippen LogP contribution in [0.3, 0.4) is 0 Å². The summed E-state index contributed by atoms with van der Waals surface area (Å²) in [4.78, 5) is 0. The number of allylic oxidation sites excluding steroid dienone is 1. The SMILES string of the molecule is N=C(Cl)C=CNCCl. The molecule has 0 aliphatic rings. The van der Waals surface area contributed by atoms with Crippen molar-refractivity contribution in [3.8, 4) is 0 Å². The molecule has 0 saturated heterocycles. The van der Waals surface area contributed by atoms with Crippen LogP contribution in [0.4, 0.5) is 0 Å². The van der Waals surface area contributed by atoms with E-state index >= 15 is 0 Å². The van der Waals surface area contributed by atoms with Crippen LogP contribution < -0.4 is 5.32 Å². The highest BCUT2D eigenvalue weighted by Gasteiger charge is 1.75. The van der Waals surface area contributed by atoms with Crippen molar-refractivity contribution in [3.05, 3.63) is 12.3 Å². The van der Waals surface area contributed by atoms with Crippen LogP contribution in [0.5, 0.6) is 0 Å². The molecule has 0 aliphatic carbocycles. The van der Waals surface area contributed by atoms with Crippen molar-refractivity contribution in [3.63, 3.8) is 0 Å². The van der Waals surface area contributed by atoms with E-state index in [1.807, 2.05) is 0 Å². The molecule has 0 aromatic heterocycles. The fraction of sp³-hybridized carbons (Fsp3) is 0.250. The molecule has 0 radical (unpaired) electrons. The molecular formula is C4H6Cl2N2. The molecule has 0 spiro atoms. The van der Waals surface area contributed by atoms with Crippen LogP contribution in [-0.2, 0) is 0 Å². The van der Waals surface area contributed by atoms with Gasteiger partial charge in [0.1, 0.15) is 5.17 Å². The molecule has 0 aliphatic heterocycles. The van der Waals surface area contributed by atoms with Gasteiger partial charge in [0.15, 0.2) is 0 Å². The molecule has 2 nitrogen and oxygen atoms in total. The van der Waals surface area contributed by atoms with E-state index in [1.165, 1.54) is 12.3 Å². The van der Waals surface area contributed by atoms with Crippen molar-refractivity contribution in [2.45, 2.75) is 0 Å². The number of hydrogen-bond donors (Lipinski definition) is 2. The van der Waals surface area contributed by atoms with Crippen LogP contribution in [0.25, 0.3) is 0 Å². The lowest BCUT2D eigenvalue weighted by Crippen LogP contribution is -1.99. The lowest BCUT2D eigenvalue weighted by molar-refractivity contribution is 1.05. The fourth-order valence-corrected chi connectivity index (χ4v) is 0.329. The molecule has 46 valence electrons. The first-order chi connectivity index (χ1) is 3.77. The Hall–Kier alpha value is -0.210. The summed E-state index contributed by atoms with van der Waals surface area (Å²) in [5, 5.41) is 9.30. The molecule has 0 atom stereocenters. The molecule has 0 saturated carbocycles. The maximum Gasteiger partial charge on any atom is 0.122 e. The molecule has 8 heavy (non-hydrogen) atoms. The Bertz CT molecular complexity index is 100. The van der Waals surface area contributed by atoms with Crippen molar-refractivity contribution in [2.75, 3.05) is 6.00 Å². The summed E-state index contributed by atoms with van der Waals surface area (Å²) >= 11 is 10.3. The van der Waals surface area contributed by atoms with Gasteiger partial charge in [0.25, 0.3) is 0 Å². The van der Waals surface area contributed by atoms with Gasteiger partial charge in [-0.25, -0.2) is 0 Å². The molecule has 0 rings (SSSR count). The average Bonchev–Trinajstić information content (AvgIpc) is 1.66. The number of hydrogen-bond acceptors (Lipinski definition) is 2. The Morgan fingerprint density at radius 2 is 2.38 bits per heavy atom. The minimum absolute atomic E-state index is 0.0115. The highest BCUT2D eigenvalue weighted by atomic mass is 35.5. The van der Waals surface area contributed by atoms with E-state index in [4.69, 9.17) is 28.6 Å². The summed E-state index contributed by atoms with van der Waals surface area (Å²) in [6.45, 7) is 0. The van der Waals surface area contributed by atoms with Crippen molar-refractivity contribution in [1.82, 2.24) is 5.32 Å². The van der Waals surface area contributed by atoms with Gasteiger partial charge in [-0.2, -0.15) is 0 Å². The van der Waals surface area contributed by atoms with Gasteiger partial charge in [-0.1, -0.05) is 11.6 Å². The van der Waals surface area contributed by atoms with Crippen LogP contribution >= 0.6 is 23.2 Å². The third-order valence-electron chi connectivity index (χ3n) is 0.425. The van der Waals surface area contributed by atoms with Gasteiger partial charge < -0.3 is 5.32 Å². The van der Waals surface area contributed by atoms with Gasteiger partial charge in [-0.15, -0.1) is 11.6 Å². The minimum Gasteiger partial charge on any atom is -0.378 e. The second-order valence-electron chi connectivity index (χ2n) is 1.02. The van der Waals surface area contributed by atoms with Crippen molar-refractivity contribution < 1.29 is 0 Å². The summed E-state index contributed by atoms with van der Waals surface area (Å²) in [5.41, 5.74) is 0. The lowest BCUT2D eigenvalue weighted by Gasteiger charge is -1.86. The van der Waals surface area contributed by atoms with Crippen LogP contribution in [0, 0.1) is 5.41 Å². The Balaban J connectivity index is 3.20. The van der Waals surface area contributed by atoms with Gasteiger partial charge in [-0.3, -0.25) is 5.41 Å². The van der Waals surface area contributed by atoms with E-state index in [0.717, 1.165) is 0 Å². The lowest BCUT2D eigenvalue weighted by atomic mass is 10.6. The predicted octanol–water partition coefficient (Wildman–Crippen LogP) is 1.50. The topological polar surface area (TPSA) is 35.9 Å². The maximum absolute atomic E-state index is 6.67. The summed E-state index contributed by atoms with van der Waals surface area (Å²) < 4.78 is 0. The van der Waals surface area contributed by atoms with Crippen molar-refractivity contribution >= 4 is 28.4 Å². The van der Waals surface area contributed by atoms with E-state index in [0.29, 0.717) is 6.00 Å². The standard InChI is InChI=1S/C4H6Cl2N2/c5-3-8-2-1-4(6)7/h1-2,7-8H,3H2. The van der Waals surface area contributed by atoms with Gasteiger partial charge in [-0.05, 0) is 6.08 Å². The molecule has 0 amide bonds. The van der Waals surface area contributed by atoms with Gasteiger partial charge >= 0.3 is 0 Å². The normalized spacial score (nSPS) is 9.75. The first kappa shape index (κ1) is 7.79. The Morgan fingerprint density at radius 1 is 1.75 bits per heavy atom. The zero-order chi connectivity index (χ0) is 6.41. The van der Waals surface area contributed by atoms with E-state index in [2.05, 4.69) is 5.32 Å². The second kappa shape index (κ2) is 4.94. The predicted molar refractivity (Wildman–Crippen MR) is 36.6 cm³/mol. The van der Waals surface area contributed by atoms with Crippen LogP contribution in [0.1, 0.15) is 0 Å². The maximum atomic E-state index is 6.67. The smallest absolute Gasteiger partial charge is 0.122 e. The van der Waals surface area contributed by atoms with E-state index in [1.54, 1.807) is 0 Å². The number of nitrogens with one attached hydrogen (secondary N) is 2. The van der Waals surface area contributed by atoms with Gasteiger partial charge in [0.2, 0.25) is 0 Å². The Labute approximate surface area is 58.0 Å². The molecule has 0 bridgehead atoms. The van der Waals surface area contributed by atoms with E-state index in [9.17, 15) is 0 Å². The average molecular weight is 153 g/mol. The van der Waals surface area contributed by atoms with E-state index in [-0.39, 0.29) is 5.17 Å². The molecule has 2 N–H and O–H groups in total. The number of halogens is 2.